The number of aromatic amines is 1. The van der Waals surface area contributed by atoms with Gasteiger partial charge in [0.15, 0.2) is 5.82 Å². The predicted octanol–water partition coefficient (Wildman–Crippen LogP) is 4.25. The molecule has 0 radical (unpaired) electrons. The van der Waals surface area contributed by atoms with Gasteiger partial charge in [-0.05, 0) is 38.3 Å². The monoisotopic (exact) mass is 459 g/mol. The fourth-order valence-corrected chi connectivity index (χ4v) is 4.18. The van der Waals surface area contributed by atoms with E-state index in [0.717, 1.165) is 29.9 Å². The second kappa shape index (κ2) is 9.64. The highest BCUT2D eigenvalue weighted by atomic mass is 16.5. The third kappa shape index (κ3) is 4.79. The third-order valence-corrected chi connectivity index (χ3v) is 6.07. The lowest BCUT2D eigenvalue weighted by Crippen LogP contribution is -2.19. The zero-order chi connectivity index (χ0) is 23.5. The van der Waals surface area contributed by atoms with E-state index < -0.39 is 0 Å². The van der Waals surface area contributed by atoms with E-state index in [9.17, 15) is 4.79 Å². The molecule has 9 nitrogen and oxygen atoms in total. The molecule has 9 heteroatoms. The standard InChI is InChI=1S/C25H29N7O2/c1-17(2)32-16-20(24(30-32)19-9-12-34-13-10-19)25(33)26-23-14-22(27-28-23)21-8-11-31(29-21)15-18-6-4-3-5-7-18/h3-8,11,14,16-17,19H,9-10,12-13,15H2,1-2H3,(H2,26,27,28,33). The van der Waals surface area contributed by atoms with Gasteiger partial charge < -0.3 is 10.1 Å². The molecule has 1 fully saturated rings. The van der Waals surface area contributed by atoms with Crippen LogP contribution in [0.4, 0.5) is 5.82 Å². The van der Waals surface area contributed by atoms with Crippen LogP contribution in [0, 0.1) is 0 Å². The lowest BCUT2D eigenvalue weighted by molar-refractivity contribution is 0.0836. The molecular formula is C25H29N7O2. The maximum atomic E-state index is 13.2. The number of benzene rings is 1. The first-order chi connectivity index (χ1) is 16.6. The summed E-state index contributed by atoms with van der Waals surface area (Å²) in [4.78, 5) is 13.2. The number of nitrogens with zero attached hydrogens (tertiary/aromatic N) is 5. The van der Waals surface area contributed by atoms with Gasteiger partial charge in [-0.15, -0.1) is 0 Å². The number of hydrogen-bond acceptors (Lipinski definition) is 5. The molecule has 0 spiro atoms. The zero-order valence-electron chi connectivity index (χ0n) is 19.4. The van der Waals surface area contributed by atoms with Crippen LogP contribution in [0.2, 0.25) is 0 Å². The van der Waals surface area contributed by atoms with Crippen molar-refractivity contribution >= 4 is 11.7 Å². The smallest absolute Gasteiger partial charge is 0.260 e. The Balaban J connectivity index is 1.31. The minimum absolute atomic E-state index is 0.170. The van der Waals surface area contributed by atoms with E-state index in [0.29, 0.717) is 31.1 Å². The largest absolute Gasteiger partial charge is 0.381 e. The summed E-state index contributed by atoms with van der Waals surface area (Å²) in [5.41, 5.74) is 4.11. The second-order valence-electron chi connectivity index (χ2n) is 8.89. The number of rotatable bonds is 7. The zero-order valence-corrected chi connectivity index (χ0v) is 19.4. The summed E-state index contributed by atoms with van der Waals surface area (Å²) in [7, 11) is 0. The van der Waals surface area contributed by atoms with Crippen molar-refractivity contribution in [2.45, 2.75) is 45.2 Å². The first-order valence-electron chi connectivity index (χ1n) is 11.7. The molecule has 0 saturated carbocycles. The molecule has 1 aliphatic rings. The molecule has 1 amide bonds. The number of H-pyrrole nitrogens is 1. The van der Waals surface area contributed by atoms with Crippen LogP contribution in [0.5, 0.6) is 0 Å². The summed E-state index contributed by atoms with van der Waals surface area (Å²) in [5, 5.41) is 19.6. The second-order valence-corrected chi connectivity index (χ2v) is 8.89. The number of amides is 1. The number of anilines is 1. The Hall–Kier alpha value is -3.72. The van der Waals surface area contributed by atoms with E-state index in [-0.39, 0.29) is 17.9 Å². The number of carbonyl (C=O) groups excluding carboxylic acids is 1. The average Bonchev–Trinajstić information content (AvgIpc) is 3.60. The van der Waals surface area contributed by atoms with Crippen LogP contribution in [0.25, 0.3) is 11.4 Å². The topological polar surface area (TPSA) is 103 Å². The SMILES string of the molecule is CC(C)n1cc(C(=O)Nc2cc(-c3ccn(Cc4ccccc4)n3)[nH]n2)c(C2CCOCC2)n1. The predicted molar refractivity (Wildman–Crippen MR) is 129 cm³/mol. The van der Waals surface area contributed by atoms with Gasteiger partial charge in [0.1, 0.15) is 5.69 Å². The summed E-state index contributed by atoms with van der Waals surface area (Å²) in [5.74, 6) is 0.465. The van der Waals surface area contributed by atoms with Crippen LogP contribution in [-0.2, 0) is 11.3 Å². The third-order valence-electron chi connectivity index (χ3n) is 6.07. The Morgan fingerprint density at radius 1 is 1.18 bits per heavy atom. The summed E-state index contributed by atoms with van der Waals surface area (Å²) < 4.78 is 9.23. The van der Waals surface area contributed by atoms with E-state index in [1.807, 2.05) is 46.0 Å². The molecule has 0 bridgehead atoms. The molecule has 3 aromatic heterocycles. The van der Waals surface area contributed by atoms with E-state index >= 15 is 0 Å². The fourth-order valence-electron chi connectivity index (χ4n) is 4.18. The maximum absolute atomic E-state index is 13.2. The summed E-state index contributed by atoms with van der Waals surface area (Å²) >= 11 is 0. The first-order valence-corrected chi connectivity index (χ1v) is 11.7. The Morgan fingerprint density at radius 3 is 2.74 bits per heavy atom. The normalized spacial score (nSPS) is 14.6. The summed E-state index contributed by atoms with van der Waals surface area (Å²) in [6, 6.07) is 14.1. The minimum Gasteiger partial charge on any atom is -0.381 e. The van der Waals surface area contributed by atoms with Gasteiger partial charge in [-0.25, -0.2) is 0 Å². The van der Waals surface area contributed by atoms with Gasteiger partial charge in [0.2, 0.25) is 0 Å². The van der Waals surface area contributed by atoms with E-state index in [1.165, 1.54) is 5.56 Å². The lowest BCUT2D eigenvalue weighted by Gasteiger charge is -2.21. The van der Waals surface area contributed by atoms with Gasteiger partial charge in [0.05, 0.1) is 23.5 Å². The van der Waals surface area contributed by atoms with Gasteiger partial charge in [-0.2, -0.15) is 15.3 Å². The fraction of sp³-hybridized carbons (Fsp3) is 0.360. The van der Waals surface area contributed by atoms with Crippen LogP contribution >= 0.6 is 0 Å². The van der Waals surface area contributed by atoms with Crippen molar-refractivity contribution in [3.63, 3.8) is 0 Å². The first kappa shape index (κ1) is 22.1. The van der Waals surface area contributed by atoms with Crippen LogP contribution in [0.15, 0.2) is 54.9 Å². The highest BCUT2D eigenvalue weighted by Crippen LogP contribution is 2.30. The summed E-state index contributed by atoms with van der Waals surface area (Å²) in [6.07, 6.45) is 5.51. The molecule has 4 aromatic rings. The van der Waals surface area contributed by atoms with E-state index in [1.54, 1.807) is 6.07 Å². The number of nitrogens with one attached hydrogen (secondary N) is 2. The molecule has 34 heavy (non-hydrogen) atoms. The molecule has 0 atom stereocenters. The Kier molecular flexibility index (Phi) is 6.27. The molecule has 176 valence electrons. The van der Waals surface area contributed by atoms with E-state index in [4.69, 9.17) is 9.84 Å². The maximum Gasteiger partial charge on any atom is 0.260 e. The minimum atomic E-state index is -0.207. The Labute approximate surface area is 198 Å². The van der Waals surface area contributed by atoms with Gasteiger partial charge in [0, 0.05) is 43.6 Å². The molecule has 0 aliphatic carbocycles. The molecule has 5 rings (SSSR count). The van der Waals surface area contributed by atoms with Crippen molar-refractivity contribution in [2.75, 3.05) is 18.5 Å². The van der Waals surface area contributed by atoms with Gasteiger partial charge in [-0.1, -0.05) is 30.3 Å². The van der Waals surface area contributed by atoms with Crippen molar-refractivity contribution in [1.29, 1.82) is 0 Å². The van der Waals surface area contributed by atoms with Crippen LogP contribution in [0.3, 0.4) is 0 Å². The Bertz CT molecular complexity index is 1250. The van der Waals surface area contributed by atoms with E-state index in [2.05, 4.69) is 46.6 Å². The van der Waals surface area contributed by atoms with Crippen molar-refractivity contribution in [3.05, 3.63) is 71.7 Å². The van der Waals surface area contributed by atoms with Gasteiger partial charge in [-0.3, -0.25) is 19.3 Å². The van der Waals surface area contributed by atoms with Crippen molar-refractivity contribution in [2.24, 2.45) is 0 Å². The number of carbonyl (C=O) groups is 1. The van der Waals surface area contributed by atoms with Crippen LogP contribution in [0.1, 0.15) is 60.3 Å². The van der Waals surface area contributed by atoms with Crippen LogP contribution in [-0.4, -0.2) is 48.9 Å². The van der Waals surface area contributed by atoms with Crippen molar-refractivity contribution < 1.29 is 9.53 Å². The van der Waals surface area contributed by atoms with Gasteiger partial charge >= 0.3 is 0 Å². The number of aromatic nitrogens is 6. The molecule has 1 aliphatic heterocycles. The quantitative estimate of drug-likeness (QED) is 0.430. The molecule has 2 N–H and O–H groups in total. The van der Waals surface area contributed by atoms with Crippen molar-refractivity contribution in [1.82, 2.24) is 29.8 Å². The van der Waals surface area contributed by atoms with Crippen molar-refractivity contribution in [3.8, 4) is 11.4 Å². The molecule has 1 saturated heterocycles. The van der Waals surface area contributed by atoms with Crippen LogP contribution < -0.4 is 5.32 Å². The highest BCUT2D eigenvalue weighted by Gasteiger charge is 2.26. The molecule has 4 heterocycles. The Morgan fingerprint density at radius 2 is 1.97 bits per heavy atom. The summed E-state index contributed by atoms with van der Waals surface area (Å²) in [6.45, 7) is 6.19. The number of ether oxygens (including phenoxy) is 1. The molecule has 0 unspecified atom stereocenters. The molecular weight excluding hydrogens is 430 g/mol. The lowest BCUT2D eigenvalue weighted by atomic mass is 9.94. The average molecular weight is 460 g/mol. The highest BCUT2D eigenvalue weighted by molar-refractivity contribution is 6.04. The van der Waals surface area contributed by atoms with Gasteiger partial charge in [0.25, 0.3) is 5.91 Å². The molecule has 1 aromatic carbocycles. The number of hydrogen-bond donors (Lipinski definition) is 2.